The van der Waals surface area contributed by atoms with Crippen molar-refractivity contribution in [2.24, 2.45) is 0 Å². The third kappa shape index (κ3) is 6.74. The highest BCUT2D eigenvalue weighted by atomic mass is 32.2. The number of fused-ring (bicyclic) bond motifs is 3. The first kappa shape index (κ1) is 29.9. The Hall–Kier alpha value is -3.55. The lowest BCUT2D eigenvalue weighted by atomic mass is 10.0. The molecule has 6 rings (SSSR count). The normalized spacial score (nSPS) is 12.0. The van der Waals surface area contributed by atoms with Gasteiger partial charge < -0.3 is 0 Å². The Morgan fingerprint density at radius 3 is 1.88 bits per heavy atom. The summed E-state index contributed by atoms with van der Waals surface area (Å²) in [7, 11) is -2.98. The van der Waals surface area contributed by atoms with E-state index in [0.29, 0.717) is 6.54 Å². The summed E-state index contributed by atoms with van der Waals surface area (Å²) in [5.74, 6) is 0. The van der Waals surface area contributed by atoms with E-state index < -0.39 is 10.0 Å². The number of nitrogens with zero attached hydrogens (tertiary/aromatic N) is 2. The molecular formula is C35H41N3O3S. The van der Waals surface area contributed by atoms with Crippen molar-refractivity contribution >= 4 is 59.0 Å². The van der Waals surface area contributed by atoms with Crippen LogP contribution in [-0.2, 0) is 10.0 Å². The summed E-state index contributed by atoms with van der Waals surface area (Å²) in [5, 5.41) is 5.96. The summed E-state index contributed by atoms with van der Waals surface area (Å²) in [5.41, 5.74) is 2.55. The van der Waals surface area contributed by atoms with Crippen LogP contribution in [0.4, 0.5) is 0 Å². The molecule has 7 heteroatoms. The van der Waals surface area contributed by atoms with E-state index in [-0.39, 0.29) is 5.56 Å². The number of benzene rings is 4. The van der Waals surface area contributed by atoms with Crippen LogP contribution >= 0.6 is 0 Å². The Morgan fingerprint density at radius 1 is 0.690 bits per heavy atom. The van der Waals surface area contributed by atoms with Crippen LogP contribution in [0.5, 0.6) is 0 Å². The SMILES string of the molecule is CCCCCCCCCCCCNS(C)(=O)=O.O=c1c2cccc3cccc(c32)c2nc3cccc4cccc(c43)n12. The van der Waals surface area contributed by atoms with E-state index in [1.165, 1.54) is 57.6 Å². The Labute approximate surface area is 248 Å². The van der Waals surface area contributed by atoms with Gasteiger partial charge in [-0.3, -0.25) is 9.20 Å². The minimum atomic E-state index is -2.98. The van der Waals surface area contributed by atoms with Crippen molar-refractivity contribution in [2.75, 3.05) is 12.8 Å². The van der Waals surface area contributed by atoms with Crippen molar-refractivity contribution in [1.82, 2.24) is 14.1 Å². The molecule has 0 unspecified atom stereocenters. The number of hydrogen-bond donors (Lipinski definition) is 1. The standard InChI is InChI=1S/C22H12N2O.C13H29NO2S/c25-22-16-10-2-6-13-5-1-9-15(19(13)16)21-23-17-11-3-7-14-8-4-12-18(20(14)17)24(21)22;1-3-4-5-6-7-8-9-10-11-12-13-14-17(2,15)16/h1-12H;14H,3-13H2,1-2H3. The third-order valence-corrected chi connectivity index (χ3v) is 8.74. The van der Waals surface area contributed by atoms with Crippen LogP contribution < -0.4 is 10.3 Å². The van der Waals surface area contributed by atoms with Crippen LogP contribution in [-0.4, -0.2) is 30.6 Å². The fourth-order valence-corrected chi connectivity index (χ4v) is 6.46. The first-order valence-corrected chi connectivity index (χ1v) is 17.2. The molecule has 0 bridgehead atoms. The second-order valence-electron chi connectivity index (χ2n) is 11.3. The van der Waals surface area contributed by atoms with Gasteiger partial charge >= 0.3 is 0 Å². The number of sulfonamides is 1. The van der Waals surface area contributed by atoms with Crippen LogP contribution in [0, 0.1) is 0 Å². The zero-order chi connectivity index (χ0) is 29.5. The second-order valence-corrected chi connectivity index (χ2v) is 13.1. The molecule has 0 saturated heterocycles. The Morgan fingerprint density at radius 2 is 1.24 bits per heavy atom. The Bertz CT molecular complexity index is 1950. The van der Waals surface area contributed by atoms with Gasteiger partial charge in [-0.2, -0.15) is 0 Å². The van der Waals surface area contributed by atoms with Crippen LogP contribution in [0.3, 0.4) is 0 Å². The van der Waals surface area contributed by atoms with Crippen LogP contribution in [0.2, 0.25) is 0 Å². The quantitative estimate of drug-likeness (QED) is 0.0894. The highest BCUT2D eigenvalue weighted by Gasteiger charge is 2.15. The molecule has 0 saturated carbocycles. The van der Waals surface area contributed by atoms with Crippen molar-refractivity contribution in [3.8, 4) is 0 Å². The lowest BCUT2D eigenvalue weighted by Crippen LogP contribution is -2.22. The van der Waals surface area contributed by atoms with Crippen molar-refractivity contribution in [3.05, 3.63) is 83.2 Å². The van der Waals surface area contributed by atoms with Crippen LogP contribution in [0.1, 0.15) is 71.1 Å². The van der Waals surface area contributed by atoms with E-state index in [2.05, 4.69) is 29.8 Å². The average Bonchev–Trinajstić information content (AvgIpc) is 2.98. The molecule has 42 heavy (non-hydrogen) atoms. The molecule has 0 atom stereocenters. The average molecular weight is 584 g/mol. The second kappa shape index (κ2) is 13.6. The zero-order valence-corrected chi connectivity index (χ0v) is 25.6. The van der Waals surface area contributed by atoms with Gasteiger partial charge in [0.1, 0.15) is 5.65 Å². The van der Waals surface area contributed by atoms with Crippen molar-refractivity contribution < 1.29 is 8.42 Å². The van der Waals surface area contributed by atoms with Gasteiger partial charge in [-0.25, -0.2) is 18.1 Å². The molecule has 0 aliphatic heterocycles. The van der Waals surface area contributed by atoms with Gasteiger partial charge in [0.05, 0.1) is 17.3 Å². The summed E-state index contributed by atoms with van der Waals surface area (Å²) in [4.78, 5) is 18.2. The molecule has 0 aliphatic rings. The largest absolute Gasteiger partial charge is 0.268 e. The smallest absolute Gasteiger partial charge is 0.264 e. The highest BCUT2D eigenvalue weighted by Crippen LogP contribution is 2.31. The van der Waals surface area contributed by atoms with Crippen LogP contribution in [0.25, 0.3) is 49.0 Å². The molecule has 2 heterocycles. The molecule has 6 aromatic rings. The van der Waals surface area contributed by atoms with Gasteiger partial charge in [-0.15, -0.1) is 0 Å². The Kier molecular flexibility index (Phi) is 9.70. The molecule has 0 spiro atoms. The maximum absolute atomic E-state index is 13.3. The molecule has 4 aromatic carbocycles. The lowest BCUT2D eigenvalue weighted by Gasteiger charge is -2.13. The Balaban J connectivity index is 0.000000184. The maximum Gasteiger partial charge on any atom is 0.264 e. The van der Waals surface area contributed by atoms with E-state index in [0.717, 1.165) is 61.8 Å². The summed E-state index contributed by atoms with van der Waals surface area (Å²) in [6.45, 7) is 2.83. The number of unbranched alkanes of at least 4 members (excludes halogenated alkanes) is 9. The van der Waals surface area contributed by atoms with E-state index in [1.807, 2.05) is 54.6 Å². The predicted octanol–water partition coefficient (Wildman–Crippen LogP) is 8.20. The van der Waals surface area contributed by atoms with E-state index in [4.69, 9.17) is 4.98 Å². The number of rotatable bonds is 12. The molecular weight excluding hydrogens is 542 g/mol. The minimum absolute atomic E-state index is 0.00921. The number of pyridine rings is 1. The molecule has 0 fully saturated rings. The van der Waals surface area contributed by atoms with Gasteiger partial charge in [0.2, 0.25) is 10.0 Å². The highest BCUT2D eigenvalue weighted by molar-refractivity contribution is 7.88. The lowest BCUT2D eigenvalue weighted by molar-refractivity contribution is 0.550. The zero-order valence-electron chi connectivity index (χ0n) is 24.7. The van der Waals surface area contributed by atoms with E-state index in [1.54, 1.807) is 4.40 Å². The fraction of sp³-hybridized carbons (Fsp3) is 0.371. The molecule has 1 N–H and O–H groups in total. The fourth-order valence-electron chi connectivity index (χ4n) is 5.94. The molecule has 6 nitrogen and oxygen atoms in total. The first-order chi connectivity index (χ1) is 20.4. The van der Waals surface area contributed by atoms with Gasteiger partial charge in [0, 0.05) is 28.1 Å². The molecule has 0 amide bonds. The number of nitrogens with one attached hydrogen (secondary N) is 1. The van der Waals surface area contributed by atoms with E-state index in [9.17, 15) is 13.2 Å². The molecule has 2 aromatic heterocycles. The predicted molar refractivity (Wildman–Crippen MR) is 177 cm³/mol. The number of aromatic nitrogens is 2. The monoisotopic (exact) mass is 583 g/mol. The van der Waals surface area contributed by atoms with E-state index >= 15 is 0 Å². The van der Waals surface area contributed by atoms with Crippen molar-refractivity contribution in [3.63, 3.8) is 0 Å². The maximum atomic E-state index is 13.3. The summed E-state index contributed by atoms with van der Waals surface area (Å²) < 4.78 is 25.9. The topological polar surface area (TPSA) is 80.5 Å². The van der Waals surface area contributed by atoms with Crippen LogP contribution in [0.15, 0.2) is 77.6 Å². The molecule has 220 valence electrons. The van der Waals surface area contributed by atoms with Crippen molar-refractivity contribution in [2.45, 2.75) is 71.1 Å². The minimum Gasteiger partial charge on any atom is -0.268 e. The van der Waals surface area contributed by atoms with Gasteiger partial charge in [0.15, 0.2) is 0 Å². The first-order valence-electron chi connectivity index (χ1n) is 15.3. The van der Waals surface area contributed by atoms with Crippen molar-refractivity contribution in [1.29, 1.82) is 0 Å². The summed E-state index contributed by atoms with van der Waals surface area (Å²) in [6.07, 6.45) is 14.0. The summed E-state index contributed by atoms with van der Waals surface area (Å²) in [6, 6.07) is 24.2. The molecule has 0 radical (unpaired) electrons. The van der Waals surface area contributed by atoms with Gasteiger partial charge in [-0.05, 0) is 35.4 Å². The molecule has 0 aliphatic carbocycles. The van der Waals surface area contributed by atoms with Gasteiger partial charge in [0.25, 0.3) is 5.56 Å². The summed E-state index contributed by atoms with van der Waals surface area (Å²) >= 11 is 0. The number of hydrogen-bond acceptors (Lipinski definition) is 4. The van der Waals surface area contributed by atoms with Gasteiger partial charge in [-0.1, -0.05) is 119 Å². The third-order valence-electron chi connectivity index (χ3n) is 8.01.